The quantitative estimate of drug-likeness (QED) is 0.813. The Morgan fingerprint density at radius 3 is 2.80 bits per heavy atom. The molecule has 1 aromatic rings. The van der Waals surface area contributed by atoms with Gasteiger partial charge in [0, 0.05) is 7.05 Å². The van der Waals surface area contributed by atoms with Gasteiger partial charge < -0.3 is 10.1 Å². The number of likely N-dealkylation sites (tertiary alicyclic amines) is 1. The molecule has 20 heavy (non-hydrogen) atoms. The van der Waals surface area contributed by atoms with Gasteiger partial charge in [0.1, 0.15) is 12.6 Å². The number of nitrogens with one attached hydrogen (secondary N) is 1. The smallest absolute Gasteiger partial charge is 0.323 e. The largest absolute Gasteiger partial charge is 0.460 e. The van der Waals surface area contributed by atoms with Gasteiger partial charge in [0.25, 0.3) is 0 Å². The van der Waals surface area contributed by atoms with E-state index in [1.165, 1.54) is 0 Å². The van der Waals surface area contributed by atoms with Gasteiger partial charge in [0.05, 0.1) is 6.54 Å². The van der Waals surface area contributed by atoms with Crippen LogP contribution in [-0.4, -0.2) is 43.0 Å². The maximum absolute atomic E-state index is 12.1. The van der Waals surface area contributed by atoms with Crippen molar-refractivity contribution < 1.29 is 14.3 Å². The lowest BCUT2D eigenvalue weighted by molar-refractivity contribution is -0.150. The number of likely N-dealkylation sites (N-methyl/N-ethyl adjacent to an activating group) is 1. The van der Waals surface area contributed by atoms with E-state index < -0.39 is 0 Å². The monoisotopic (exact) mass is 276 g/mol. The van der Waals surface area contributed by atoms with Crippen LogP contribution in [0.1, 0.15) is 18.4 Å². The topological polar surface area (TPSA) is 58.6 Å². The number of esters is 1. The van der Waals surface area contributed by atoms with Gasteiger partial charge in [-0.3, -0.25) is 14.5 Å². The Morgan fingerprint density at radius 1 is 1.35 bits per heavy atom. The van der Waals surface area contributed by atoms with E-state index in [1.807, 2.05) is 35.2 Å². The second kappa shape index (κ2) is 7.05. The fourth-order valence-electron chi connectivity index (χ4n) is 2.37. The van der Waals surface area contributed by atoms with E-state index in [0.29, 0.717) is 0 Å². The number of hydrogen-bond donors (Lipinski definition) is 1. The lowest BCUT2D eigenvalue weighted by Gasteiger charge is -2.21. The zero-order valence-corrected chi connectivity index (χ0v) is 11.7. The minimum Gasteiger partial charge on any atom is -0.460 e. The normalized spacial score (nSPS) is 18.8. The summed E-state index contributed by atoms with van der Waals surface area (Å²) in [5.74, 6) is -0.317. The van der Waals surface area contributed by atoms with Crippen molar-refractivity contribution in [3.8, 4) is 0 Å². The molecule has 1 aliphatic heterocycles. The average Bonchev–Trinajstić information content (AvgIpc) is 2.94. The van der Waals surface area contributed by atoms with Crippen LogP contribution in [0.15, 0.2) is 30.3 Å². The highest BCUT2D eigenvalue weighted by Gasteiger charge is 2.32. The summed E-state index contributed by atoms with van der Waals surface area (Å²) in [4.78, 5) is 25.4. The summed E-state index contributed by atoms with van der Waals surface area (Å²) < 4.78 is 5.35. The lowest BCUT2D eigenvalue weighted by Crippen LogP contribution is -2.42. The Morgan fingerprint density at radius 2 is 2.10 bits per heavy atom. The van der Waals surface area contributed by atoms with E-state index in [-0.39, 0.29) is 31.1 Å². The molecule has 1 saturated heterocycles. The van der Waals surface area contributed by atoms with Gasteiger partial charge in [-0.1, -0.05) is 30.3 Å². The molecule has 1 N–H and O–H groups in total. The van der Waals surface area contributed by atoms with Gasteiger partial charge in [-0.25, -0.2) is 0 Å². The number of hydrogen-bond acceptors (Lipinski definition) is 4. The van der Waals surface area contributed by atoms with Gasteiger partial charge in [-0.05, 0) is 24.9 Å². The fourth-order valence-corrected chi connectivity index (χ4v) is 2.37. The molecule has 5 heteroatoms. The van der Waals surface area contributed by atoms with Crippen LogP contribution in [0.4, 0.5) is 0 Å². The number of benzene rings is 1. The summed E-state index contributed by atoms with van der Waals surface area (Å²) in [5, 5.41) is 2.58. The van der Waals surface area contributed by atoms with Gasteiger partial charge in [0.15, 0.2) is 0 Å². The number of carbonyl (C=O) groups excluding carboxylic acids is 2. The molecule has 0 radical (unpaired) electrons. The van der Waals surface area contributed by atoms with Crippen LogP contribution in [0.5, 0.6) is 0 Å². The first-order chi connectivity index (χ1) is 9.70. The van der Waals surface area contributed by atoms with Gasteiger partial charge in [0.2, 0.25) is 5.91 Å². The van der Waals surface area contributed by atoms with E-state index in [1.54, 1.807) is 7.05 Å². The van der Waals surface area contributed by atoms with Crippen LogP contribution >= 0.6 is 0 Å². The molecule has 1 fully saturated rings. The first kappa shape index (κ1) is 14.5. The Balaban J connectivity index is 1.86. The van der Waals surface area contributed by atoms with E-state index in [9.17, 15) is 9.59 Å². The van der Waals surface area contributed by atoms with Crippen LogP contribution in [0, 0.1) is 0 Å². The Kier molecular flexibility index (Phi) is 5.12. The van der Waals surface area contributed by atoms with E-state index in [4.69, 9.17) is 4.74 Å². The maximum atomic E-state index is 12.1. The van der Waals surface area contributed by atoms with Crippen LogP contribution in [-0.2, 0) is 20.9 Å². The third-order valence-corrected chi connectivity index (χ3v) is 3.49. The van der Waals surface area contributed by atoms with Crippen molar-refractivity contribution in [2.75, 3.05) is 20.1 Å². The summed E-state index contributed by atoms with van der Waals surface area (Å²) in [6, 6.07) is 9.30. The number of amides is 1. The average molecular weight is 276 g/mol. The minimum absolute atomic E-state index is 0.0761. The molecule has 1 heterocycles. The number of rotatable bonds is 5. The zero-order valence-electron chi connectivity index (χ0n) is 11.7. The van der Waals surface area contributed by atoms with E-state index in [0.717, 1.165) is 24.9 Å². The molecule has 5 nitrogen and oxygen atoms in total. The summed E-state index contributed by atoms with van der Waals surface area (Å²) in [6.07, 6.45) is 1.67. The Bertz CT molecular complexity index is 461. The zero-order chi connectivity index (χ0) is 14.4. The standard InChI is InChI=1S/C15H20N2O3/c1-16-14(18)10-17-9-5-8-13(17)15(19)20-11-12-6-3-2-4-7-12/h2-4,6-7,13H,5,8-11H2,1H3,(H,16,18). The molecular weight excluding hydrogens is 256 g/mol. The highest BCUT2D eigenvalue weighted by atomic mass is 16.5. The molecule has 1 unspecified atom stereocenters. The van der Waals surface area contributed by atoms with Crippen molar-refractivity contribution in [2.24, 2.45) is 0 Å². The fraction of sp³-hybridized carbons (Fsp3) is 0.467. The van der Waals surface area contributed by atoms with Crippen LogP contribution in [0.25, 0.3) is 0 Å². The van der Waals surface area contributed by atoms with Crippen molar-refractivity contribution >= 4 is 11.9 Å². The van der Waals surface area contributed by atoms with Crippen LogP contribution < -0.4 is 5.32 Å². The highest BCUT2D eigenvalue weighted by molar-refractivity contribution is 5.80. The van der Waals surface area contributed by atoms with E-state index >= 15 is 0 Å². The highest BCUT2D eigenvalue weighted by Crippen LogP contribution is 2.18. The number of nitrogens with zero attached hydrogens (tertiary/aromatic N) is 1. The van der Waals surface area contributed by atoms with Gasteiger partial charge in [-0.15, -0.1) is 0 Å². The lowest BCUT2D eigenvalue weighted by atomic mass is 10.2. The maximum Gasteiger partial charge on any atom is 0.323 e. The molecule has 1 amide bonds. The second-order valence-electron chi connectivity index (χ2n) is 4.89. The third-order valence-electron chi connectivity index (χ3n) is 3.49. The second-order valence-corrected chi connectivity index (χ2v) is 4.89. The molecule has 0 bridgehead atoms. The van der Waals surface area contributed by atoms with Crippen LogP contribution in [0.2, 0.25) is 0 Å². The molecule has 1 aliphatic rings. The first-order valence-electron chi connectivity index (χ1n) is 6.86. The molecular formula is C15H20N2O3. The van der Waals surface area contributed by atoms with Crippen molar-refractivity contribution in [1.29, 1.82) is 0 Å². The number of ether oxygens (including phenoxy) is 1. The van der Waals surface area contributed by atoms with Crippen molar-refractivity contribution in [3.05, 3.63) is 35.9 Å². The predicted octanol–water partition coefficient (Wildman–Crippen LogP) is 0.940. The SMILES string of the molecule is CNC(=O)CN1CCCC1C(=O)OCc1ccccc1. The van der Waals surface area contributed by atoms with Gasteiger partial charge >= 0.3 is 5.97 Å². The van der Waals surface area contributed by atoms with E-state index in [2.05, 4.69) is 5.32 Å². The molecule has 0 aromatic heterocycles. The predicted molar refractivity (Wildman–Crippen MR) is 74.9 cm³/mol. The summed E-state index contributed by atoms with van der Waals surface area (Å²) in [6.45, 7) is 1.30. The molecule has 108 valence electrons. The molecule has 0 saturated carbocycles. The van der Waals surface area contributed by atoms with Crippen molar-refractivity contribution in [3.63, 3.8) is 0 Å². The summed E-state index contributed by atoms with van der Waals surface area (Å²) in [5.41, 5.74) is 0.969. The van der Waals surface area contributed by atoms with Crippen molar-refractivity contribution in [1.82, 2.24) is 10.2 Å². The van der Waals surface area contributed by atoms with Gasteiger partial charge in [-0.2, -0.15) is 0 Å². The molecule has 2 rings (SSSR count). The molecule has 1 aromatic carbocycles. The molecule has 1 atom stereocenters. The Hall–Kier alpha value is -1.88. The molecule has 0 aliphatic carbocycles. The first-order valence-corrected chi connectivity index (χ1v) is 6.86. The third kappa shape index (κ3) is 3.81. The summed E-state index contributed by atoms with van der Waals surface area (Å²) in [7, 11) is 1.60. The minimum atomic E-state index is -0.295. The number of carbonyl (C=O) groups is 2. The summed E-state index contributed by atoms with van der Waals surface area (Å²) >= 11 is 0. The van der Waals surface area contributed by atoms with Crippen LogP contribution in [0.3, 0.4) is 0 Å². The van der Waals surface area contributed by atoms with Crippen molar-refractivity contribution in [2.45, 2.75) is 25.5 Å². The molecule has 0 spiro atoms. The Labute approximate surface area is 118 Å².